The van der Waals surface area contributed by atoms with Crippen LogP contribution < -0.4 is 15.5 Å². The molecule has 2 aliphatic heterocycles. The topological polar surface area (TPSA) is 94.2 Å². The molecule has 0 saturated carbocycles. The van der Waals surface area contributed by atoms with Crippen molar-refractivity contribution >= 4 is 58.2 Å². The van der Waals surface area contributed by atoms with Crippen molar-refractivity contribution in [3.05, 3.63) is 87.9 Å². The summed E-state index contributed by atoms with van der Waals surface area (Å²) in [6, 6.07) is 20.7. The molecule has 5 rings (SSSR count). The highest BCUT2D eigenvalue weighted by Gasteiger charge is 2.23. The van der Waals surface area contributed by atoms with Gasteiger partial charge in [-0.3, -0.25) is 14.5 Å². The van der Waals surface area contributed by atoms with Gasteiger partial charge in [0.25, 0.3) is 0 Å². The number of carbonyl (C=O) groups is 3. The van der Waals surface area contributed by atoms with Gasteiger partial charge in [-0.2, -0.15) is 0 Å². The first-order valence-electron chi connectivity index (χ1n) is 15.9. The smallest absolute Gasteiger partial charge is 0.322 e. The predicted molar refractivity (Wildman–Crippen MR) is 184 cm³/mol. The number of hydrogen-bond acceptors (Lipinski definition) is 6. The molecule has 2 N–H and O–H groups in total. The summed E-state index contributed by atoms with van der Waals surface area (Å²) in [7, 11) is 0. The van der Waals surface area contributed by atoms with E-state index in [9.17, 15) is 14.4 Å². The van der Waals surface area contributed by atoms with Gasteiger partial charge in [-0.15, -0.1) is 0 Å². The Hall–Kier alpha value is -3.79. The second-order valence-corrected chi connectivity index (χ2v) is 12.6. The highest BCUT2D eigenvalue weighted by atomic mass is 35.5. The fraction of sp³-hybridized carbons (Fsp3) is 0.400. The lowest BCUT2D eigenvalue weighted by Gasteiger charge is -2.36. The van der Waals surface area contributed by atoms with Crippen LogP contribution >= 0.6 is 23.2 Å². The van der Waals surface area contributed by atoms with Crippen LogP contribution in [0.3, 0.4) is 0 Å². The highest BCUT2D eigenvalue weighted by Crippen LogP contribution is 2.33. The molecular weight excluding hydrogens is 625 g/mol. The lowest BCUT2D eigenvalue weighted by molar-refractivity contribution is -0.145. The van der Waals surface area contributed by atoms with Crippen LogP contribution in [0.2, 0.25) is 10.0 Å². The molecule has 3 aromatic rings. The molecule has 0 unspecified atom stereocenters. The number of piperazine rings is 1. The quantitative estimate of drug-likeness (QED) is 0.211. The van der Waals surface area contributed by atoms with Gasteiger partial charge in [-0.05, 0) is 79.9 Å². The number of ether oxygens (including phenoxy) is 1. The summed E-state index contributed by atoms with van der Waals surface area (Å²) in [6.07, 6.45) is 4.54. The van der Waals surface area contributed by atoms with Crippen LogP contribution in [0.15, 0.2) is 66.7 Å². The molecule has 0 radical (unpaired) electrons. The van der Waals surface area contributed by atoms with E-state index in [2.05, 4.69) is 20.4 Å². The minimum Gasteiger partial charge on any atom is -0.461 e. The van der Waals surface area contributed by atoms with Crippen LogP contribution in [0.1, 0.15) is 49.7 Å². The van der Waals surface area contributed by atoms with Crippen molar-refractivity contribution in [2.24, 2.45) is 0 Å². The first-order chi connectivity index (χ1) is 22.3. The standard InChI is InChI=1S/C35H41Cl2N5O4/c36-30-22-27(24-40-16-5-2-6-17-40)23-31(37)34(30)39-35(45)42-20-18-41(19-21-42)29-14-12-28(13-15-29)38-32(43)10-7-11-33(44)46-25-26-8-3-1-4-9-26/h1,3-4,8-9,12-15,22-23H,2,5-7,10-11,16-21,24-25H2,(H,38,43)(H,39,45). The number of amides is 3. The number of piperidine rings is 1. The van der Waals surface area contributed by atoms with Gasteiger partial charge in [0.15, 0.2) is 0 Å². The number of likely N-dealkylation sites (tertiary alicyclic amines) is 1. The zero-order chi connectivity index (χ0) is 32.3. The van der Waals surface area contributed by atoms with Crippen molar-refractivity contribution in [1.29, 1.82) is 0 Å². The van der Waals surface area contributed by atoms with Gasteiger partial charge >= 0.3 is 12.0 Å². The van der Waals surface area contributed by atoms with Crippen LogP contribution in [-0.2, 0) is 27.5 Å². The molecule has 0 aliphatic carbocycles. The average molecular weight is 667 g/mol. The second-order valence-electron chi connectivity index (χ2n) is 11.8. The Morgan fingerprint density at radius 1 is 0.739 bits per heavy atom. The molecule has 0 bridgehead atoms. The highest BCUT2D eigenvalue weighted by molar-refractivity contribution is 6.39. The molecule has 2 heterocycles. The van der Waals surface area contributed by atoms with E-state index in [1.54, 1.807) is 4.90 Å². The Kier molecular flexibility index (Phi) is 12.2. The molecule has 2 saturated heterocycles. The number of nitrogens with zero attached hydrogens (tertiary/aromatic N) is 3. The molecule has 0 atom stereocenters. The number of rotatable bonds is 11. The van der Waals surface area contributed by atoms with Crippen molar-refractivity contribution in [2.75, 3.05) is 54.8 Å². The van der Waals surface area contributed by atoms with Crippen LogP contribution in [0, 0.1) is 0 Å². The van der Waals surface area contributed by atoms with Crippen LogP contribution in [0.5, 0.6) is 0 Å². The minimum absolute atomic E-state index is 0.153. The average Bonchev–Trinajstić information content (AvgIpc) is 3.07. The number of carbonyl (C=O) groups excluding carboxylic acids is 3. The monoisotopic (exact) mass is 665 g/mol. The third kappa shape index (κ3) is 9.85. The molecule has 2 fully saturated rings. The Morgan fingerprint density at radius 2 is 1.41 bits per heavy atom. The number of nitrogens with one attached hydrogen (secondary N) is 2. The van der Waals surface area contributed by atoms with Crippen LogP contribution in [-0.4, -0.2) is 67.0 Å². The van der Waals surface area contributed by atoms with E-state index < -0.39 is 0 Å². The normalized spacial score (nSPS) is 15.3. The zero-order valence-corrected chi connectivity index (χ0v) is 27.5. The summed E-state index contributed by atoms with van der Waals surface area (Å²) in [6.45, 7) is 5.61. The minimum atomic E-state index is -0.316. The maximum absolute atomic E-state index is 13.1. The third-order valence-electron chi connectivity index (χ3n) is 8.30. The van der Waals surface area contributed by atoms with E-state index in [0.717, 1.165) is 36.4 Å². The molecule has 3 aromatic carbocycles. The molecule has 0 aromatic heterocycles. The van der Waals surface area contributed by atoms with Gasteiger partial charge < -0.3 is 25.2 Å². The summed E-state index contributed by atoms with van der Waals surface area (Å²) >= 11 is 13.1. The summed E-state index contributed by atoms with van der Waals surface area (Å²) < 4.78 is 5.27. The number of hydrogen-bond donors (Lipinski definition) is 2. The van der Waals surface area contributed by atoms with Gasteiger partial charge in [0, 0.05) is 56.9 Å². The summed E-state index contributed by atoms with van der Waals surface area (Å²) in [5.74, 6) is -0.469. The fourth-order valence-electron chi connectivity index (χ4n) is 5.75. The maximum atomic E-state index is 13.1. The number of esters is 1. The van der Waals surface area contributed by atoms with Crippen molar-refractivity contribution in [3.63, 3.8) is 0 Å². The van der Waals surface area contributed by atoms with Crippen LogP contribution in [0.4, 0.5) is 21.9 Å². The van der Waals surface area contributed by atoms with E-state index in [0.29, 0.717) is 54.0 Å². The summed E-state index contributed by atoms with van der Waals surface area (Å²) in [5.41, 5.74) is 4.12. The molecule has 9 nitrogen and oxygen atoms in total. The Balaban J connectivity index is 1.02. The van der Waals surface area contributed by atoms with E-state index in [1.165, 1.54) is 19.3 Å². The van der Waals surface area contributed by atoms with Crippen LogP contribution in [0.25, 0.3) is 0 Å². The molecule has 2 aliphatic rings. The van der Waals surface area contributed by atoms with Crippen molar-refractivity contribution in [2.45, 2.75) is 51.7 Å². The molecule has 0 spiro atoms. The number of anilines is 3. The first kappa shape index (κ1) is 33.6. The van der Waals surface area contributed by atoms with E-state index in [4.69, 9.17) is 27.9 Å². The van der Waals surface area contributed by atoms with Crippen molar-refractivity contribution in [3.8, 4) is 0 Å². The lowest BCUT2D eigenvalue weighted by atomic mass is 10.1. The summed E-state index contributed by atoms with van der Waals surface area (Å²) in [5, 5.41) is 6.69. The number of benzene rings is 3. The van der Waals surface area contributed by atoms with Gasteiger partial charge in [-0.25, -0.2) is 4.79 Å². The van der Waals surface area contributed by atoms with E-state index >= 15 is 0 Å². The number of urea groups is 1. The Labute approximate surface area is 280 Å². The lowest BCUT2D eigenvalue weighted by Crippen LogP contribution is -2.50. The van der Waals surface area contributed by atoms with E-state index in [1.807, 2.05) is 66.7 Å². The Bertz CT molecular complexity index is 1450. The Morgan fingerprint density at radius 3 is 2.09 bits per heavy atom. The third-order valence-corrected chi connectivity index (χ3v) is 8.90. The predicted octanol–water partition coefficient (Wildman–Crippen LogP) is 7.19. The molecular formula is C35H41Cl2N5O4. The SMILES string of the molecule is O=C(CCCC(=O)OCc1ccccc1)Nc1ccc(N2CCN(C(=O)Nc3c(Cl)cc(CN4CCCCC4)cc3Cl)CC2)cc1. The van der Waals surface area contributed by atoms with Crippen molar-refractivity contribution in [1.82, 2.24) is 9.80 Å². The van der Waals surface area contributed by atoms with Gasteiger partial charge in [0.1, 0.15) is 6.61 Å². The van der Waals surface area contributed by atoms with Gasteiger partial charge in [-0.1, -0.05) is 60.0 Å². The fourth-order valence-corrected chi connectivity index (χ4v) is 6.38. The second kappa shape index (κ2) is 16.7. The van der Waals surface area contributed by atoms with Crippen molar-refractivity contribution < 1.29 is 19.1 Å². The summed E-state index contributed by atoms with van der Waals surface area (Å²) in [4.78, 5) is 43.8. The zero-order valence-electron chi connectivity index (χ0n) is 26.0. The molecule has 244 valence electrons. The maximum Gasteiger partial charge on any atom is 0.322 e. The number of halogens is 2. The van der Waals surface area contributed by atoms with E-state index in [-0.39, 0.29) is 37.4 Å². The largest absolute Gasteiger partial charge is 0.461 e. The molecule has 46 heavy (non-hydrogen) atoms. The first-order valence-corrected chi connectivity index (χ1v) is 16.7. The van der Waals surface area contributed by atoms with Gasteiger partial charge in [0.05, 0.1) is 15.7 Å². The molecule has 3 amide bonds. The van der Waals surface area contributed by atoms with Gasteiger partial charge in [0.2, 0.25) is 5.91 Å². The molecule has 11 heteroatoms.